The molecule has 0 aromatic heterocycles. The van der Waals surface area contributed by atoms with Gasteiger partial charge in [-0.1, -0.05) is 48.0 Å². The molecule has 4 nitrogen and oxygen atoms in total. The zero-order valence-corrected chi connectivity index (χ0v) is 14.5. The molecule has 1 fully saturated rings. The minimum Gasteiger partial charge on any atom is -0.330 e. The summed E-state index contributed by atoms with van der Waals surface area (Å²) in [7, 11) is -3.05. The van der Waals surface area contributed by atoms with Crippen molar-refractivity contribution in [2.75, 3.05) is 11.5 Å². The molecule has 1 aliphatic heterocycles. The molecule has 1 atom stereocenters. The summed E-state index contributed by atoms with van der Waals surface area (Å²) >= 11 is 0. The van der Waals surface area contributed by atoms with E-state index >= 15 is 0 Å². The summed E-state index contributed by atoms with van der Waals surface area (Å²) in [6, 6.07) is 16.8. The van der Waals surface area contributed by atoms with Crippen LogP contribution in [0.3, 0.4) is 0 Å². The summed E-state index contributed by atoms with van der Waals surface area (Å²) in [5.41, 5.74) is 2.76. The fourth-order valence-electron chi connectivity index (χ4n) is 3.02. The first-order chi connectivity index (χ1) is 11.4. The molecule has 1 saturated heterocycles. The molecule has 0 aliphatic carbocycles. The highest BCUT2D eigenvalue weighted by atomic mass is 32.2. The summed E-state index contributed by atoms with van der Waals surface area (Å²) in [5, 5.41) is 0. The highest BCUT2D eigenvalue weighted by molar-refractivity contribution is 7.91. The second kappa shape index (κ2) is 6.77. The topological polar surface area (TPSA) is 54.5 Å². The van der Waals surface area contributed by atoms with E-state index in [0.29, 0.717) is 18.5 Å². The molecule has 5 heteroatoms. The van der Waals surface area contributed by atoms with Gasteiger partial charge in [-0.05, 0) is 31.0 Å². The minimum atomic E-state index is -3.05. The molecular weight excluding hydrogens is 322 g/mol. The van der Waals surface area contributed by atoms with Gasteiger partial charge in [0.2, 0.25) is 0 Å². The molecule has 0 radical (unpaired) electrons. The third kappa shape index (κ3) is 3.85. The summed E-state index contributed by atoms with van der Waals surface area (Å²) in [4.78, 5) is 14.7. The van der Waals surface area contributed by atoms with Gasteiger partial charge < -0.3 is 4.90 Å². The van der Waals surface area contributed by atoms with Gasteiger partial charge in [0.1, 0.15) is 0 Å². The molecule has 2 aromatic rings. The molecule has 1 amide bonds. The highest BCUT2D eigenvalue weighted by Gasteiger charge is 2.35. The molecule has 24 heavy (non-hydrogen) atoms. The van der Waals surface area contributed by atoms with Gasteiger partial charge >= 0.3 is 0 Å². The van der Waals surface area contributed by atoms with Crippen LogP contribution in [0.1, 0.15) is 27.9 Å². The highest BCUT2D eigenvalue weighted by Crippen LogP contribution is 2.22. The van der Waals surface area contributed by atoms with Crippen molar-refractivity contribution in [3.8, 4) is 0 Å². The van der Waals surface area contributed by atoms with E-state index in [1.54, 1.807) is 17.0 Å². The Labute approximate surface area is 143 Å². The van der Waals surface area contributed by atoms with Crippen molar-refractivity contribution >= 4 is 15.7 Å². The molecule has 1 heterocycles. The van der Waals surface area contributed by atoms with Crippen LogP contribution in [0.5, 0.6) is 0 Å². The predicted molar refractivity (Wildman–Crippen MR) is 94.6 cm³/mol. The molecule has 1 aliphatic rings. The number of sulfone groups is 1. The monoisotopic (exact) mass is 343 g/mol. The smallest absolute Gasteiger partial charge is 0.254 e. The second-order valence-corrected chi connectivity index (χ2v) is 8.57. The van der Waals surface area contributed by atoms with Crippen LogP contribution in [0.15, 0.2) is 54.6 Å². The van der Waals surface area contributed by atoms with Crippen LogP contribution in [-0.4, -0.2) is 36.8 Å². The maximum atomic E-state index is 12.9. The fourth-order valence-corrected chi connectivity index (χ4v) is 4.76. The predicted octanol–water partition coefficient (Wildman–Crippen LogP) is 2.82. The lowest BCUT2D eigenvalue weighted by molar-refractivity contribution is 0.0681. The van der Waals surface area contributed by atoms with E-state index in [1.807, 2.05) is 49.4 Å². The van der Waals surface area contributed by atoms with Gasteiger partial charge in [-0.15, -0.1) is 0 Å². The molecule has 126 valence electrons. The fraction of sp³-hybridized carbons (Fsp3) is 0.316. The van der Waals surface area contributed by atoms with Crippen molar-refractivity contribution in [1.29, 1.82) is 0 Å². The minimum absolute atomic E-state index is 0.0530. The van der Waals surface area contributed by atoms with Gasteiger partial charge in [0.05, 0.1) is 11.5 Å². The number of hydrogen-bond acceptors (Lipinski definition) is 3. The van der Waals surface area contributed by atoms with E-state index in [1.165, 1.54) is 0 Å². The summed E-state index contributed by atoms with van der Waals surface area (Å²) in [5.74, 6) is 0.0972. The van der Waals surface area contributed by atoms with Crippen LogP contribution in [0.4, 0.5) is 0 Å². The molecule has 2 aromatic carbocycles. The number of aryl methyl sites for hydroxylation is 1. The normalized spacial score (nSPS) is 19.1. The van der Waals surface area contributed by atoms with Crippen molar-refractivity contribution in [2.45, 2.75) is 25.9 Å². The summed E-state index contributed by atoms with van der Waals surface area (Å²) < 4.78 is 23.7. The van der Waals surface area contributed by atoms with Crippen molar-refractivity contribution < 1.29 is 13.2 Å². The van der Waals surface area contributed by atoms with Crippen molar-refractivity contribution in [1.82, 2.24) is 4.90 Å². The third-order valence-electron chi connectivity index (χ3n) is 4.40. The van der Waals surface area contributed by atoms with Crippen LogP contribution in [0.2, 0.25) is 0 Å². The Morgan fingerprint density at radius 2 is 1.75 bits per heavy atom. The van der Waals surface area contributed by atoms with Crippen molar-refractivity contribution in [3.63, 3.8) is 0 Å². The summed E-state index contributed by atoms with van der Waals surface area (Å²) in [6.45, 7) is 2.44. The standard InChI is InChI=1S/C19H21NO3S/c1-15-7-9-16(10-8-15)13-20(18-11-12-24(22,23)14-18)19(21)17-5-3-2-4-6-17/h2-10,18H,11-14H2,1H3. The lowest BCUT2D eigenvalue weighted by Crippen LogP contribution is -2.40. The second-order valence-electron chi connectivity index (χ2n) is 6.34. The first kappa shape index (κ1) is 16.7. The van der Waals surface area contributed by atoms with Crippen molar-refractivity contribution in [2.24, 2.45) is 0 Å². The number of hydrogen-bond donors (Lipinski definition) is 0. The van der Waals surface area contributed by atoms with E-state index in [9.17, 15) is 13.2 Å². The lowest BCUT2D eigenvalue weighted by Gasteiger charge is -2.28. The number of carbonyl (C=O) groups excluding carboxylic acids is 1. The number of carbonyl (C=O) groups is 1. The molecule has 1 unspecified atom stereocenters. The van der Waals surface area contributed by atoms with Crippen LogP contribution in [0.25, 0.3) is 0 Å². The maximum Gasteiger partial charge on any atom is 0.254 e. The van der Waals surface area contributed by atoms with Crippen LogP contribution in [-0.2, 0) is 16.4 Å². The van der Waals surface area contributed by atoms with E-state index in [0.717, 1.165) is 11.1 Å². The number of benzene rings is 2. The average Bonchev–Trinajstić information content (AvgIpc) is 2.94. The molecule has 0 N–H and O–H groups in total. The molecule has 3 rings (SSSR count). The Hall–Kier alpha value is -2.14. The third-order valence-corrected chi connectivity index (χ3v) is 6.15. The average molecular weight is 343 g/mol. The largest absolute Gasteiger partial charge is 0.330 e. The van der Waals surface area contributed by atoms with Gasteiger partial charge in [-0.2, -0.15) is 0 Å². The van der Waals surface area contributed by atoms with Gasteiger partial charge in [0.25, 0.3) is 5.91 Å². The molecular formula is C19H21NO3S. The van der Waals surface area contributed by atoms with Crippen LogP contribution < -0.4 is 0 Å². The molecule has 0 bridgehead atoms. The van der Waals surface area contributed by atoms with E-state index in [-0.39, 0.29) is 23.5 Å². The first-order valence-electron chi connectivity index (χ1n) is 8.06. The lowest BCUT2D eigenvalue weighted by atomic mass is 10.1. The number of nitrogens with zero attached hydrogens (tertiary/aromatic N) is 1. The summed E-state index contributed by atoms with van der Waals surface area (Å²) in [6.07, 6.45) is 0.507. The van der Waals surface area contributed by atoms with Crippen molar-refractivity contribution in [3.05, 3.63) is 71.3 Å². The molecule has 0 spiro atoms. The Kier molecular flexibility index (Phi) is 4.71. The Bertz CT molecular complexity index is 813. The first-order valence-corrected chi connectivity index (χ1v) is 9.89. The number of rotatable bonds is 4. The zero-order chi connectivity index (χ0) is 17.2. The van der Waals surface area contributed by atoms with Gasteiger partial charge in [-0.25, -0.2) is 8.42 Å². The van der Waals surface area contributed by atoms with E-state index < -0.39 is 9.84 Å². The SMILES string of the molecule is Cc1ccc(CN(C(=O)c2ccccc2)C2CCS(=O)(=O)C2)cc1. The van der Waals surface area contributed by atoms with E-state index in [4.69, 9.17) is 0 Å². The van der Waals surface area contributed by atoms with Gasteiger partial charge in [-0.3, -0.25) is 4.79 Å². The Balaban J connectivity index is 1.88. The Morgan fingerprint density at radius 3 is 2.33 bits per heavy atom. The van der Waals surface area contributed by atoms with Crippen LogP contribution in [0, 0.1) is 6.92 Å². The van der Waals surface area contributed by atoms with Crippen LogP contribution >= 0.6 is 0 Å². The zero-order valence-electron chi connectivity index (χ0n) is 13.7. The molecule has 0 saturated carbocycles. The maximum absolute atomic E-state index is 12.9. The van der Waals surface area contributed by atoms with Gasteiger partial charge in [0.15, 0.2) is 9.84 Å². The Morgan fingerprint density at radius 1 is 1.08 bits per heavy atom. The quantitative estimate of drug-likeness (QED) is 0.858. The number of amides is 1. The van der Waals surface area contributed by atoms with Gasteiger partial charge in [0, 0.05) is 18.2 Å². The van der Waals surface area contributed by atoms with E-state index in [2.05, 4.69) is 0 Å².